The first-order chi connectivity index (χ1) is 14.5. The number of rotatable bonds is 5. The summed E-state index contributed by atoms with van der Waals surface area (Å²) in [6, 6.07) is 10.1. The van der Waals surface area contributed by atoms with Gasteiger partial charge in [-0.3, -0.25) is 19.8 Å². The van der Waals surface area contributed by atoms with Crippen LogP contribution in [0.25, 0.3) is 6.08 Å². The van der Waals surface area contributed by atoms with Crippen LogP contribution >= 0.6 is 12.2 Å². The Balaban J connectivity index is 1.74. The molecule has 2 amide bonds. The molecule has 2 aliphatic heterocycles. The van der Waals surface area contributed by atoms with Gasteiger partial charge in [0.25, 0.3) is 11.8 Å². The summed E-state index contributed by atoms with van der Waals surface area (Å²) in [5, 5.41) is 2.57. The molecule has 2 aromatic rings. The summed E-state index contributed by atoms with van der Waals surface area (Å²) in [5.74, 6) is 1.02. The number of benzene rings is 2. The van der Waals surface area contributed by atoms with E-state index in [0.29, 0.717) is 40.9 Å². The van der Waals surface area contributed by atoms with Crippen molar-refractivity contribution in [2.45, 2.75) is 6.92 Å². The molecule has 154 valence electrons. The Bertz CT molecular complexity index is 1060. The van der Waals surface area contributed by atoms with E-state index in [1.165, 1.54) is 11.0 Å². The number of thiocarbonyl (C=S) groups is 1. The zero-order valence-electron chi connectivity index (χ0n) is 16.3. The summed E-state index contributed by atoms with van der Waals surface area (Å²) < 4.78 is 21.6. The maximum atomic E-state index is 13.2. The van der Waals surface area contributed by atoms with E-state index in [0.717, 1.165) is 0 Å². The Hall–Kier alpha value is -3.59. The quantitative estimate of drug-likeness (QED) is 0.447. The van der Waals surface area contributed by atoms with Crippen LogP contribution < -0.4 is 29.2 Å². The van der Waals surface area contributed by atoms with Gasteiger partial charge in [-0.05, 0) is 55.5 Å². The normalized spacial score (nSPS) is 16.7. The molecule has 0 aromatic heterocycles. The summed E-state index contributed by atoms with van der Waals surface area (Å²) in [5.41, 5.74) is 0.939. The molecule has 1 N–H and O–H groups in total. The van der Waals surface area contributed by atoms with Crippen LogP contribution in [0.15, 0.2) is 42.0 Å². The van der Waals surface area contributed by atoms with Gasteiger partial charge in [-0.1, -0.05) is 0 Å². The lowest BCUT2D eigenvalue weighted by Gasteiger charge is -2.29. The minimum atomic E-state index is -0.588. The van der Waals surface area contributed by atoms with Gasteiger partial charge in [0.2, 0.25) is 6.79 Å². The molecule has 2 aliphatic rings. The van der Waals surface area contributed by atoms with Crippen molar-refractivity contribution in [3.05, 3.63) is 47.5 Å². The summed E-state index contributed by atoms with van der Waals surface area (Å²) >= 11 is 5.23. The van der Waals surface area contributed by atoms with Crippen molar-refractivity contribution in [1.29, 1.82) is 0 Å². The monoisotopic (exact) mass is 426 g/mol. The Morgan fingerprint density at radius 3 is 2.53 bits per heavy atom. The molecule has 0 radical (unpaired) electrons. The highest BCUT2D eigenvalue weighted by atomic mass is 32.1. The topological polar surface area (TPSA) is 86.3 Å². The average Bonchev–Trinajstić information content (AvgIpc) is 3.19. The second-order valence-electron chi connectivity index (χ2n) is 6.33. The molecular weight excluding hydrogens is 408 g/mol. The number of fused-ring (bicyclic) bond motifs is 1. The molecule has 8 nitrogen and oxygen atoms in total. The molecule has 0 unspecified atom stereocenters. The molecule has 4 rings (SSSR count). The zero-order chi connectivity index (χ0) is 21.3. The van der Waals surface area contributed by atoms with Crippen LogP contribution in [0.3, 0.4) is 0 Å². The highest BCUT2D eigenvalue weighted by molar-refractivity contribution is 7.80. The van der Waals surface area contributed by atoms with Gasteiger partial charge in [0, 0.05) is 11.6 Å². The number of hydrogen-bond acceptors (Lipinski definition) is 7. The van der Waals surface area contributed by atoms with E-state index < -0.39 is 11.8 Å². The van der Waals surface area contributed by atoms with E-state index in [1.807, 2.05) is 6.92 Å². The number of hydrogen-bond donors (Lipinski definition) is 1. The molecule has 2 heterocycles. The molecule has 0 bridgehead atoms. The second-order valence-corrected chi connectivity index (χ2v) is 6.72. The van der Waals surface area contributed by atoms with E-state index in [2.05, 4.69) is 5.32 Å². The van der Waals surface area contributed by atoms with E-state index in [-0.39, 0.29) is 17.5 Å². The van der Waals surface area contributed by atoms with Gasteiger partial charge in [0.15, 0.2) is 16.6 Å². The Morgan fingerprint density at radius 2 is 1.87 bits per heavy atom. The SMILES string of the molecule is CCOc1cc2c(cc1/C=C1\C(=O)NC(=S)N(c3ccc(OC)cc3)C1=O)OCO2. The van der Waals surface area contributed by atoms with Crippen molar-refractivity contribution < 1.29 is 28.5 Å². The van der Waals surface area contributed by atoms with E-state index in [1.54, 1.807) is 43.5 Å². The minimum absolute atomic E-state index is 0.00281. The Kier molecular flexibility index (Phi) is 5.28. The first kappa shape index (κ1) is 19.7. The smallest absolute Gasteiger partial charge is 0.270 e. The van der Waals surface area contributed by atoms with Crippen molar-refractivity contribution in [3.8, 4) is 23.0 Å². The zero-order valence-corrected chi connectivity index (χ0v) is 17.1. The molecule has 1 saturated heterocycles. The number of methoxy groups -OCH3 is 1. The fraction of sp³-hybridized carbons (Fsp3) is 0.190. The van der Waals surface area contributed by atoms with Crippen molar-refractivity contribution in [3.63, 3.8) is 0 Å². The minimum Gasteiger partial charge on any atom is -0.497 e. The van der Waals surface area contributed by atoms with Crippen LogP contribution in [-0.4, -0.2) is 37.4 Å². The standard InChI is InChI=1S/C21H18N2O6S/c1-3-27-16-10-18-17(28-11-29-18)9-12(16)8-15-19(24)22-21(30)23(20(15)25)13-4-6-14(26-2)7-5-13/h4-10H,3,11H2,1-2H3,(H,22,24,30)/b15-8+. The number of anilines is 1. The maximum absolute atomic E-state index is 13.2. The molecule has 30 heavy (non-hydrogen) atoms. The fourth-order valence-electron chi connectivity index (χ4n) is 3.11. The van der Waals surface area contributed by atoms with Crippen LogP contribution in [0, 0.1) is 0 Å². The van der Waals surface area contributed by atoms with Gasteiger partial charge in [-0.15, -0.1) is 0 Å². The largest absolute Gasteiger partial charge is 0.497 e. The molecule has 9 heteroatoms. The van der Waals surface area contributed by atoms with Crippen molar-refractivity contribution in [1.82, 2.24) is 5.32 Å². The number of carbonyl (C=O) groups is 2. The third-order valence-electron chi connectivity index (χ3n) is 4.54. The van der Waals surface area contributed by atoms with Crippen molar-refractivity contribution in [2.24, 2.45) is 0 Å². The highest BCUT2D eigenvalue weighted by Gasteiger charge is 2.35. The number of nitrogens with zero attached hydrogens (tertiary/aromatic N) is 1. The van der Waals surface area contributed by atoms with Crippen LogP contribution in [-0.2, 0) is 9.59 Å². The van der Waals surface area contributed by atoms with Gasteiger partial charge in [-0.25, -0.2) is 0 Å². The van der Waals surface area contributed by atoms with Crippen molar-refractivity contribution in [2.75, 3.05) is 25.4 Å². The lowest BCUT2D eigenvalue weighted by Crippen LogP contribution is -2.54. The van der Waals surface area contributed by atoms with Crippen LogP contribution in [0.5, 0.6) is 23.0 Å². The molecule has 0 atom stereocenters. The summed E-state index contributed by atoms with van der Waals surface area (Å²) in [4.78, 5) is 27.0. The average molecular weight is 426 g/mol. The number of ether oxygens (including phenoxy) is 4. The number of amides is 2. The Labute approximate surface area is 178 Å². The van der Waals surface area contributed by atoms with Crippen LogP contribution in [0.2, 0.25) is 0 Å². The predicted octanol–water partition coefficient (Wildman–Crippen LogP) is 2.65. The van der Waals surface area contributed by atoms with E-state index >= 15 is 0 Å². The molecule has 0 saturated carbocycles. The first-order valence-electron chi connectivity index (χ1n) is 9.13. The third kappa shape index (κ3) is 3.55. The van der Waals surface area contributed by atoms with Gasteiger partial charge >= 0.3 is 0 Å². The summed E-state index contributed by atoms with van der Waals surface area (Å²) in [7, 11) is 1.55. The first-order valence-corrected chi connectivity index (χ1v) is 9.54. The molecule has 0 aliphatic carbocycles. The van der Waals surface area contributed by atoms with Crippen molar-refractivity contribution >= 4 is 40.9 Å². The molecule has 0 spiro atoms. The van der Waals surface area contributed by atoms with Gasteiger partial charge < -0.3 is 18.9 Å². The van der Waals surface area contributed by atoms with Gasteiger partial charge in [-0.2, -0.15) is 0 Å². The highest BCUT2D eigenvalue weighted by Crippen LogP contribution is 2.39. The summed E-state index contributed by atoms with van der Waals surface area (Å²) in [6.45, 7) is 2.34. The van der Waals surface area contributed by atoms with Crippen LogP contribution in [0.1, 0.15) is 12.5 Å². The number of nitrogens with one attached hydrogen (secondary N) is 1. The lowest BCUT2D eigenvalue weighted by atomic mass is 10.1. The molecule has 2 aromatic carbocycles. The number of carbonyl (C=O) groups excluding carboxylic acids is 2. The van der Waals surface area contributed by atoms with E-state index in [4.69, 9.17) is 31.2 Å². The predicted molar refractivity (Wildman–Crippen MR) is 113 cm³/mol. The van der Waals surface area contributed by atoms with E-state index in [9.17, 15) is 9.59 Å². The Morgan fingerprint density at radius 1 is 1.17 bits per heavy atom. The molecule has 1 fully saturated rings. The summed E-state index contributed by atoms with van der Waals surface area (Å²) in [6.07, 6.45) is 1.46. The fourth-order valence-corrected chi connectivity index (χ4v) is 3.39. The van der Waals surface area contributed by atoms with Crippen LogP contribution in [0.4, 0.5) is 5.69 Å². The lowest BCUT2D eigenvalue weighted by molar-refractivity contribution is -0.122. The van der Waals surface area contributed by atoms with Gasteiger partial charge in [0.1, 0.15) is 17.1 Å². The molecular formula is C21H18N2O6S. The maximum Gasteiger partial charge on any atom is 0.270 e. The second kappa shape index (κ2) is 8.03. The van der Waals surface area contributed by atoms with Gasteiger partial charge in [0.05, 0.1) is 19.4 Å². The third-order valence-corrected chi connectivity index (χ3v) is 4.82.